The van der Waals surface area contributed by atoms with Crippen LogP contribution < -0.4 is 10.9 Å². The van der Waals surface area contributed by atoms with E-state index in [1.54, 1.807) is 13.1 Å². The standard InChI is InChI=1S/C25H23N3O2/c1-28-23(27-22-15-9-8-14-20(22)25(28)30)17-26-24(29)16-21(18-10-4-2-5-11-18)19-12-6-3-7-13-19/h2-15,21H,16-17H2,1H3,(H,26,29). The predicted molar refractivity (Wildman–Crippen MR) is 118 cm³/mol. The summed E-state index contributed by atoms with van der Waals surface area (Å²) in [6.07, 6.45) is 0.315. The Balaban J connectivity index is 1.53. The normalized spacial score (nSPS) is 11.0. The van der Waals surface area contributed by atoms with Gasteiger partial charge >= 0.3 is 0 Å². The van der Waals surface area contributed by atoms with Crippen LogP contribution in [0.5, 0.6) is 0 Å². The molecule has 3 aromatic carbocycles. The molecule has 1 N–H and O–H groups in total. The molecule has 0 unspecified atom stereocenters. The molecule has 30 heavy (non-hydrogen) atoms. The molecule has 0 saturated carbocycles. The molecular formula is C25H23N3O2. The lowest BCUT2D eigenvalue weighted by Gasteiger charge is -2.18. The molecule has 5 heteroatoms. The van der Waals surface area contributed by atoms with Crippen LogP contribution in [0.2, 0.25) is 0 Å². The van der Waals surface area contributed by atoms with E-state index in [1.807, 2.05) is 78.9 Å². The summed E-state index contributed by atoms with van der Waals surface area (Å²) in [6, 6.07) is 27.3. The van der Waals surface area contributed by atoms with Crippen LogP contribution >= 0.6 is 0 Å². The van der Waals surface area contributed by atoms with Gasteiger partial charge < -0.3 is 5.32 Å². The van der Waals surface area contributed by atoms with Crippen molar-refractivity contribution >= 4 is 16.8 Å². The highest BCUT2D eigenvalue weighted by atomic mass is 16.1. The minimum Gasteiger partial charge on any atom is -0.349 e. The maximum absolute atomic E-state index is 12.8. The summed E-state index contributed by atoms with van der Waals surface area (Å²) < 4.78 is 1.49. The van der Waals surface area contributed by atoms with Gasteiger partial charge in [0, 0.05) is 19.4 Å². The molecule has 4 aromatic rings. The van der Waals surface area contributed by atoms with Crippen LogP contribution in [0, 0.1) is 0 Å². The quantitative estimate of drug-likeness (QED) is 0.539. The Morgan fingerprint density at radius 1 is 0.900 bits per heavy atom. The lowest BCUT2D eigenvalue weighted by atomic mass is 9.88. The number of fused-ring (bicyclic) bond motifs is 1. The molecule has 0 atom stereocenters. The van der Waals surface area contributed by atoms with Crippen molar-refractivity contribution in [3.05, 3.63) is 112 Å². The van der Waals surface area contributed by atoms with E-state index in [0.717, 1.165) is 11.1 Å². The van der Waals surface area contributed by atoms with Gasteiger partial charge in [-0.1, -0.05) is 72.8 Å². The van der Waals surface area contributed by atoms with E-state index in [4.69, 9.17) is 0 Å². The highest BCUT2D eigenvalue weighted by molar-refractivity contribution is 5.78. The van der Waals surface area contributed by atoms with Gasteiger partial charge in [-0.15, -0.1) is 0 Å². The summed E-state index contributed by atoms with van der Waals surface area (Å²) in [6.45, 7) is 0.200. The van der Waals surface area contributed by atoms with Crippen LogP contribution in [0.15, 0.2) is 89.7 Å². The number of aromatic nitrogens is 2. The molecule has 5 nitrogen and oxygen atoms in total. The first-order valence-electron chi connectivity index (χ1n) is 9.94. The number of benzene rings is 3. The van der Waals surface area contributed by atoms with E-state index in [1.165, 1.54) is 4.57 Å². The number of para-hydroxylation sites is 1. The second kappa shape index (κ2) is 8.74. The fourth-order valence-corrected chi connectivity index (χ4v) is 3.66. The van der Waals surface area contributed by atoms with Gasteiger partial charge in [0.2, 0.25) is 5.91 Å². The lowest BCUT2D eigenvalue weighted by Crippen LogP contribution is -2.30. The number of carbonyl (C=O) groups is 1. The highest BCUT2D eigenvalue weighted by Crippen LogP contribution is 2.27. The van der Waals surface area contributed by atoms with Gasteiger partial charge in [0.25, 0.3) is 5.56 Å². The van der Waals surface area contributed by atoms with E-state index in [9.17, 15) is 9.59 Å². The third-order valence-corrected chi connectivity index (χ3v) is 5.31. The first kappa shape index (κ1) is 19.6. The molecular weight excluding hydrogens is 374 g/mol. The molecule has 0 aliphatic carbocycles. The highest BCUT2D eigenvalue weighted by Gasteiger charge is 2.18. The van der Waals surface area contributed by atoms with E-state index in [-0.39, 0.29) is 23.9 Å². The fourth-order valence-electron chi connectivity index (χ4n) is 3.66. The zero-order valence-corrected chi connectivity index (χ0v) is 16.8. The first-order chi connectivity index (χ1) is 14.6. The zero-order valence-electron chi connectivity index (χ0n) is 16.8. The Hall–Kier alpha value is -3.73. The monoisotopic (exact) mass is 397 g/mol. The van der Waals surface area contributed by atoms with Gasteiger partial charge in [0.15, 0.2) is 0 Å². The minimum atomic E-state index is -0.115. The number of carbonyl (C=O) groups excluding carboxylic acids is 1. The average Bonchev–Trinajstić information content (AvgIpc) is 2.80. The molecule has 0 spiro atoms. The Morgan fingerprint density at radius 3 is 2.10 bits per heavy atom. The summed E-state index contributed by atoms with van der Waals surface area (Å²) in [5.41, 5.74) is 2.71. The van der Waals surface area contributed by atoms with Gasteiger partial charge in [-0.2, -0.15) is 0 Å². The number of rotatable bonds is 6. The first-order valence-corrected chi connectivity index (χ1v) is 9.94. The molecule has 0 bridgehead atoms. The summed E-state index contributed by atoms with van der Waals surface area (Å²) in [5, 5.41) is 3.51. The predicted octanol–water partition coefficient (Wildman–Crippen LogP) is 3.77. The summed E-state index contributed by atoms with van der Waals surface area (Å²) in [4.78, 5) is 29.9. The molecule has 0 saturated heterocycles. The van der Waals surface area contributed by atoms with Crippen molar-refractivity contribution in [3.63, 3.8) is 0 Å². The molecule has 0 aliphatic heterocycles. The van der Waals surface area contributed by atoms with Gasteiger partial charge in [-0.05, 0) is 23.3 Å². The maximum Gasteiger partial charge on any atom is 0.261 e. The third kappa shape index (κ3) is 4.15. The Kier molecular flexibility index (Phi) is 5.70. The molecule has 4 rings (SSSR count). The lowest BCUT2D eigenvalue weighted by molar-refractivity contribution is -0.121. The second-order valence-electron chi connectivity index (χ2n) is 7.26. The van der Waals surface area contributed by atoms with Gasteiger partial charge in [-0.25, -0.2) is 4.98 Å². The zero-order chi connectivity index (χ0) is 20.9. The van der Waals surface area contributed by atoms with Crippen LogP contribution in [-0.2, 0) is 18.4 Å². The molecule has 1 heterocycles. The number of hydrogen-bond acceptors (Lipinski definition) is 3. The average molecular weight is 397 g/mol. The van der Waals surface area contributed by atoms with E-state index in [0.29, 0.717) is 23.1 Å². The van der Waals surface area contributed by atoms with Crippen molar-refractivity contribution in [2.45, 2.75) is 18.9 Å². The number of amides is 1. The van der Waals surface area contributed by atoms with Crippen LogP contribution in [0.4, 0.5) is 0 Å². The van der Waals surface area contributed by atoms with Crippen molar-refractivity contribution in [2.24, 2.45) is 7.05 Å². The third-order valence-electron chi connectivity index (χ3n) is 5.31. The molecule has 1 amide bonds. The Labute approximate surface area is 175 Å². The van der Waals surface area contributed by atoms with Crippen LogP contribution in [0.25, 0.3) is 10.9 Å². The number of hydrogen-bond donors (Lipinski definition) is 1. The van der Waals surface area contributed by atoms with Crippen molar-refractivity contribution in [1.29, 1.82) is 0 Å². The van der Waals surface area contributed by atoms with Gasteiger partial charge in [-0.3, -0.25) is 14.2 Å². The van der Waals surface area contributed by atoms with E-state index in [2.05, 4.69) is 10.3 Å². The van der Waals surface area contributed by atoms with Crippen LogP contribution in [0.3, 0.4) is 0 Å². The van der Waals surface area contributed by atoms with Crippen molar-refractivity contribution in [2.75, 3.05) is 0 Å². The molecule has 0 radical (unpaired) electrons. The number of nitrogens with zero attached hydrogens (tertiary/aromatic N) is 2. The summed E-state index contributed by atoms with van der Waals surface area (Å²) in [7, 11) is 1.68. The molecule has 150 valence electrons. The Morgan fingerprint density at radius 2 is 1.47 bits per heavy atom. The smallest absolute Gasteiger partial charge is 0.261 e. The topological polar surface area (TPSA) is 64.0 Å². The van der Waals surface area contributed by atoms with Crippen LogP contribution in [-0.4, -0.2) is 15.5 Å². The van der Waals surface area contributed by atoms with Crippen LogP contribution in [0.1, 0.15) is 29.3 Å². The SMILES string of the molecule is Cn1c(CNC(=O)CC(c2ccccc2)c2ccccc2)nc2ccccc2c1=O. The molecule has 1 aromatic heterocycles. The van der Waals surface area contributed by atoms with Crippen molar-refractivity contribution in [3.8, 4) is 0 Å². The maximum atomic E-state index is 12.8. The molecule has 0 fully saturated rings. The Bertz CT molecular complexity index is 1180. The minimum absolute atomic E-state index is 0.0409. The fraction of sp³-hybridized carbons (Fsp3) is 0.160. The van der Waals surface area contributed by atoms with Crippen molar-refractivity contribution in [1.82, 2.24) is 14.9 Å². The van der Waals surface area contributed by atoms with Gasteiger partial charge in [0.05, 0.1) is 17.4 Å². The second-order valence-corrected chi connectivity index (χ2v) is 7.26. The summed E-state index contributed by atoms with van der Waals surface area (Å²) in [5.74, 6) is 0.402. The van der Waals surface area contributed by atoms with Gasteiger partial charge in [0.1, 0.15) is 5.82 Å². The van der Waals surface area contributed by atoms with Crippen molar-refractivity contribution < 1.29 is 4.79 Å². The van der Waals surface area contributed by atoms with E-state index >= 15 is 0 Å². The molecule has 0 aliphatic rings. The summed E-state index contributed by atoms with van der Waals surface area (Å²) >= 11 is 0. The number of nitrogens with one attached hydrogen (secondary N) is 1. The largest absolute Gasteiger partial charge is 0.349 e. The van der Waals surface area contributed by atoms with E-state index < -0.39 is 0 Å².